The van der Waals surface area contributed by atoms with Crippen molar-refractivity contribution in [2.45, 2.75) is 51.9 Å². The maximum absolute atomic E-state index is 12.1. The number of nitrogens with one attached hydrogen (secondary N) is 1. The van der Waals surface area contributed by atoms with Gasteiger partial charge in [0, 0.05) is 11.6 Å². The number of primary sulfonamides is 1. The fourth-order valence-electron chi connectivity index (χ4n) is 2.05. The van der Waals surface area contributed by atoms with Gasteiger partial charge in [0.15, 0.2) is 0 Å². The second kappa shape index (κ2) is 7.04. The number of aryl methyl sites for hydroxylation is 2. The quantitative estimate of drug-likeness (QED) is 0.845. The van der Waals surface area contributed by atoms with Crippen molar-refractivity contribution >= 4 is 21.6 Å². The molecular weight excluding hydrogens is 288 g/mol. The average Bonchev–Trinajstić information content (AvgIpc) is 2.44. The zero-order valence-corrected chi connectivity index (χ0v) is 13.9. The molecule has 1 amide bonds. The fraction of sp³-hybridized carbons (Fsp3) is 0.533. The third-order valence-corrected chi connectivity index (χ3v) is 4.57. The summed E-state index contributed by atoms with van der Waals surface area (Å²) < 4.78 is 23.1. The molecule has 6 heteroatoms. The van der Waals surface area contributed by atoms with Gasteiger partial charge >= 0.3 is 0 Å². The monoisotopic (exact) mass is 312 g/mol. The van der Waals surface area contributed by atoms with Gasteiger partial charge < -0.3 is 5.32 Å². The van der Waals surface area contributed by atoms with Gasteiger partial charge in [0.05, 0.1) is 4.90 Å². The number of benzene rings is 1. The van der Waals surface area contributed by atoms with Crippen LogP contribution in [0.25, 0.3) is 0 Å². The minimum absolute atomic E-state index is 0.0507. The average molecular weight is 312 g/mol. The molecular formula is C15H24N2O3S. The Bertz CT molecular complexity index is 599. The molecule has 5 nitrogen and oxygen atoms in total. The Morgan fingerprint density at radius 2 is 1.67 bits per heavy atom. The van der Waals surface area contributed by atoms with Crippen molar-refractivity contribution in [1.82, 2.24) is 0 Å². The van der Waals surface area contributed by atoms with Gasteiger partial charge in [0.25, 0.3) is 0 Å². The first-order valence-electron chi connectivity index (χ1n) is 7.23. The Hall–Kier alpha value is -1.40. The molecule has 1 aromatic carbocycles. The number of carbonyl (C=O) groups excluding carboxylic acids is 1. The third kappa shape index (κ3) is 4.28. The first-order chi connectivity index (χ1) is 9.74. The molecule has 0 saturated carbocycles. The van der Waals surface area contributed by atoms with E-state index in [2.05, 4.69) is 5.32 Å². The van der Waals surface area contributed by atoms with Crippen LogP contribution in [0.5, 0.6) is 0 Å². The maximum Gasteiger partial charge on any atom is 0.238 e. The second-order valence-corrected chi connectivity index (χ2v) is 6.73. The number of amides is 1. The standard InChI is InChI=1S/C15H24N2O3S/c1-5-10(4)15(18)17-14-11(6-2)8-13(21(16,19)20)9-12(14)7-3/h8-10H,5-7H2,1-4H3,(H,17,18)(H2,16,19,20). The zero-order valence-electron chi connectivity index (χ0n) is 13.1. The predicted molar refractivity (Wildman–Crippen MR) is 84.7 cm³/mol. The van der Waals surface area contributed by atoms with E-state index in [0.717, 1.165) is 23.2 Å². The summed E-state index contributed by atoms with van der Waals surface area (Å²) in [6, 6.07) is 3.08. The molecule has 1 aromatic rings. The first kappa shape index (κ1) is 17.7. The van der Waals surface area contributed by atoms with Crippen molar-refractivity contribution in [1.29, 1.82) is 0 Å². The van der Waals surface area contributed by atoms with Crippen molar-refractivity contribution in [2.75, 3.05) is 5.32 Å². The molecule has 0 aromatic heterocycles. The first-order valence-corrected chi connectivity index (χ1v) is 8.78. The van der Waals surface area contributed by atoms with Gasteiger partial charge in [0.1, 0.15) is 0 Å². The highest BCUT2D eigenvalue weighted by molar-refractivity contribution is 7.89. The summed E-state index contributed by atoms with van der Waals surface area (Å²) >= 11 is 0. The number of rotatable bonds is 6. The van der Waals surface area contributed by atoms with E-state index in [1.807, 2.05) is 27.7 Å². The summed E-state index contributed by atoms with van der Waals surface area (Å²) in [6.07, 6.45) is 1.99. The van der Waals surface area contributed by atoms with Gasteiger partial charge in [-0.15, -0.1) is 0 Å². The topological polar surface area (TPSA) is 89.3 Å². The number of hydrogen-bond acceptors (Lipinski definition) is 3. The fourth-order valence-corrected chi connectivity index (χ4v) is 2.66. The van der Waals surface area contributed by atoms with Crippen LogP contribution >= 0.6 is 0 Å². The Morgan fingerprint density at radius 1 is 1.19 bits per heavy atom. The largest absolute Gasteiger partial charge is 0.325 e. The number of hydrogen-bond donors (Lipinski definition) is 2. The molecule has 0 aliphatic rings. The van der Waals surface area contributed by atoms with Crippen LogP contribution in [-0.4, -0.2) is 14.3 Å². The van der Waals surface area contributed by atoms with Crippen molar-refractivity contribution in [2.24, 2.45) is 11.1 Å². The van der Waals surface area contributed by atoms with Crippen LogP contribution in [0, 0.1) is 5.92 Å². The summed E-state index contributed by atoms with van der Waals surface area (Å²) in [7, 11) is -3.75. The SMILES string of the molecule is CCc1cc(S(N)(=O)=O)cc(CC)c1NC(=O)C(C)CC. The summed E-state index contributed by atoms with van der Waals surface area (Å²) in [5, 5.41) is 8.15. The van der Waals surface area contributed by atoms with E-state index in [1.54, 1.807) is 12.1 Å². The van der Waals surface area contributed by atoms with E-state index in [-0.39, 0.29) is 16.7 Å². The third-order valence-electron chi connectivity index (χ3n) is 3.67. The molecule has 0 saturated heterocycles. The van der Waals surface area contributed by atoms with E-state index >= 15 is 0 Å². The summed E-state index contributed by atoms with van der Waals surface area (Å²) in [6.45, 7) is 7.66. The van der Waals surface area contributed by atoms with Crippen LogP contribution in [-0.2, 0) is 27.7 Å². The lowest BCUT2D eigenvalue weighted by Gasteiger charge is -2.18. The molecule has 0 aliphatic heterocycles. The Balaban J connectivity index is 3.34. The van der Waals surface area contributed by atoms with Crippen molar-refractivity contribution in [3.05, 3.63) is 23.3 Å². The Kier molecular flexibility index (Phi) is 5.92. The molecule has 118 valence electrons. The van der Waals surface area contributed by atoms with Crippen LogP contribution in [0.15, 0.2) is 17.0 Å². The lowest BCUT2D eigenvalue weighted by molar-refractivity contribution is -0.119. The van der Waals surface area contributed by atoms with Gasteiger partial charge in [-0.1, -0.05) is 27.7 Å². The highest BCUT2D eigenvalue weighted by atomic mass is 32.2. The number of nitrogens with two attached hydrogens (primary N) is 1. The van der Waals surface area contributed by atoms with E-state index in [9.17, 15) is 13.2 Å². The number of carbonyl (C=O) groups is 1. The highest BCUT2D eigenvalue weighted by Crippen LogP contribution is 2.27. The molecule has 1 rings (SSSR count). The summed E-state index contributed by atoms with van der Waals surface area (Å²) in [5.74, 6) is -0.136. The van der Waals surface area contributed by atoms with Crippen LogP contribution < -0.4 is 10.5 Å². The van der Waals surface area contributed by atoms with Gasteiger partial charge in [-0.25, -0.2) is 13.6 Å². The minimum Gasteiger partial charge on any atom is -0.325 e. The van der Waals surface area contributed by atoms with Crippen molar-refractivity contribution < 1.29 is 13.2 Å². The molecule has 1 atom stereocenters. The van der Waals surface area contributed by atoms with E-state index in [1.165, 1.54) is 0 Å². The van der Waals surface area contributed by atoms with Gasteiger partial charge in [-0.05, 0) is 42.5 Å². The number of sulfonamides is 1. The van der Waals surface area contributed by atoms with Gasteiger partial charge in [0.2, 0.25) is 15.9 Å². The highest BCUT2D eigenvalue weighted by Gasteiger charge is 2.18. The number of anilines is 1. The molecule has 0 aliphatic carbocycles. The molecule has 3 N–H and O–H groups in total. The van der Waals surface area contributed by atoms with Gasteiger partial charge in [-0.2, -0.15) is 0 Å². The molecule has 0 heterocycles. The molecule has 0 spiro atoms. The van der Waals surface area contributed by atoms with Crippen LogP contribution in [0.1, 0.15) is 45.2 Å². The molecule has 1 unspecified atom stereocenters. The van der Waals surface area contributed by atoms with E-state index < -0.39 is 10.0 Å². The molecule has 0 bridgehead atoms. The summed E-state index contributed by atoms with van der Waals surface area (Å²) in [5.41, 5.74) is 2.29. The molecule has 0 radical (unpaired) electrons. The maximum atomic E-state index is 12.1. The van der Waals surface area contributed by atoms with Crippen LogP contribution in [0.3, 0.4) is 0 Å². The van der Waals surface area contributed by atoms with Crippen molar-refractivity contribution in [3.63, 3.8) is 0 Å². The molecule has 21 heavy (non-hydrogen) atoms. The summed E-state index contributed by atoms with van der Waals surface area (Å²) in [4.78, 5) is 12.2. The smallest absolute Gasteiger partial charge is 0.238 e. The van der Waals surface area contributed by atoms with Gasteiger partial charge in [-0.3, -0.25) is 4.79 Å². The predicted octanol–water partition coefficient (Wildman–Crippen LogP) is 2.44. The lowest BCUT2D eigenvalue weighted by atomic mass is 10.0. The van der Waals surface area contributed by atoms with E-state index in [4.69, 9.17) is 5.14 Å². The minimum atomic E-state index is -3.75. The second-order valence-electron chi connectivity index (χ2n) is 5.17. The molecule has 0 fully saturated rings. The zero-order chi connectivity index (χ0) is 16.2. The van der Waals surface area contributed by atoms with E-state index in [0.29, 0.717) is 12.8 Å². The normalized spacial score (nSPS) is 13.0. The van der Waals surface area contributed by atoms with Crippen LogP contribution in [0.2, 0.25) is 0 Å². The Labute approximate surface area is 127 Å². The lowest BCUT2D eigenvalue weighted by Crippen LogP contribution is -2.22. The Morgan fingerprint density at radius 3 is 2.00 bits per heavy atom. The van der Waals surface area contributed by atoms with Crippen LogP contribution in [0.4, 0.5) is 5.69 Å². The van der Waals surface area contributed by atoms with Crippen molar-refractivity contribution in [3.8, 4) is 0 Å².